The summed E-state index contributed by atoms with van der Waals surface area (Å²) in [5, 5.41) is 3.21. The van der Waals surface area contributed by atoms with Crippen LogP contribution in [0.3, 0.4) is 0 Å². The topological polar surface area (TPSA) is 74.8 Å². The van der Waals surface area contributed by atoms with Gasteiger partial charge < -0.3 is 10.3 Å². The number of halogens is 1. The summed E-state index contributed by atoms with van der Waals surface area (Å²) >= 11 is 4.77. The zero-order valence-corrected chi connectivity index (χ0v) is 17.2. The van der Waals surface area contributed by atoms with Crippen LogP contribution in [0.4, 0.5) is 5.69 Å². The molecule has 0 aliphatic rings. The van der Waals surface area contributed by atoms with Crippen molar-refractivity contribution >= 4 is 45.1 Å². The van der Waals surface area contributed by atoms with Crippen LogP contribution < -0.4 is 5.32 Å². The Balaban J connectivity index is 1.61. The van der Waals surface area contributed by atoms with Crippen LogP contribution in [-0.2, 0) is 4.79 Å². The van der Waals surface area contributed by atoms with E-state index in [-0.39, 0.29) is 16.9 Å². The zero-order valence-electron chi connectivity index (χ0n) is 14.8. The summed E-state index contributed by atoms with van der Waals surface area (Å²) in [4.78, 5) is 31.3. The van der Waals surface area contributed by atoms with E-state index in [2.05, 4.69) is 31.2 Å². The molecule has 0 saturated carbocycles. The van der Waals surface area contributed by atoms with Crippen LogP contribution in [0.5, 0.6) is 0 Å². The van der Waals surface area contributed by atoms with E-state index in [9.17, 15) is 9.59 Å². The van der Waals surface area contributed by atoms with Crippen LogP contribution in [0.15, 0.2) is 64.4 Å². The number of Topliss-reactive ketones (excluding diaryl/α,β-unsaturated/α-hetero) is 1. The molecule has 1 heterocycles. The molecule has 7 heteroatoms. The fourth-order valence-electron chi connectivity index (χ4n) is 2.39. The molecule has 3 rings (SSSR count). The maximum Gasteiger partial charge on any atom is 0.237 e. The SMILES string of the molecule is CC(=O)c1ccc(NC(=O)[C@@H](C)Sc2ncc(-c3ccc(Br)cc3)[nH]2)cc1. The molecule has 27 heavy (non-hydrogen) atoms. The minimum Gasteiger partial charge on any atom is -0.333 e. The number of thioether (sulfide) groups is 1. The number of carbonyl (C=O) groups is 2. The molecule has 1 aromatic heterocycles. The molecular weight excluding hydrogens is 426 g/mol. The highest BCUT2D eigenvalue weighted by Crippen LogP contribution is 2.26. The third-order valence-corrected chi connectivity index (χ3v) is 5.45. The Bertz CT molecular complexity index is 952. The molecule has 5 nitrogen and oxygen atoms in total. The fraction of sp³-hybridized carbons (Fsp3) is 0.150. The van der Waals surface area contributed by atoms with Gasteiger partial charge in [-0.25, -0.2) is 4.98 Å². The second-order valence-corrected chi connectivity index (χ2v) is 8.24. The van der Waals surface area contributed by atoms with Crippen LogP contribution in [0.1, 0.15) is 24.2 Å². The molecule has 0 aliphatic carbocycles. The van der Waals surface area contributed by atoms with Gasteiger partial charge in [0.1, 0.15) is 0 Å². The lowest BCUT2D eigenvalue weighted by molar-refractivity contribution is -0.115. The maximum absolute atomic E-state index is 12.4. The van der Waals surface area contributed by atoms with E-state index in [1.165, 1.54) is 18.7 Å². The predicted molar refractivity (Wildman–Crippen MR) is 112 cm³/mol. The summed E-state index contributed by atoms with van der Waals surface area (Å²) in [6, 6.07) is 14.8. The summed E-state index contributed by atoms with van der Waals surface area (Å²) in [5.41, 5.74) is 3.21. The molecule has 0 unspecified atom stereocenters. The van der Waals surface area contributed by atoms with Crippen LogP contribution in [0.25, 0.3) is 11.3 Å². The molecule has 2 N–H and O–H groups in total. The number of nitrogens with zero attached hydrogens (tertiary/aromatic N) is 1. The number of anilines is 1. The molecular formula is C20H18BrN3O2S. The normalized spacial score (nSPS) is 11.8. The Morgan fingerprint density at radius 1 is 1.11 bits per heavy atom. The van der Waals surface area contributed by atoms with E-state index in [4.69, 9.17) is 0 Å². The summed E-state index contributed by atoms with van der Waals surface area (Å²) in [6.07, 6.45) is 1.76. The zero-order chi connectivity index (χ0) is 19.4. The van der Waals surface area contributed by atoms with Gasteiger partial charge in [-0.15, -0.1) is 0 Å². The van der Waals surface area contributed by atoms with Crippen LogP contribution in [-0.4, -0.2) is 26.9 Å². The number of hydrogen-bond donors (Lipinski definition) is 2. The number of imidazole rings is 1. The number of amides is 1. The largest absolute Gasteiger partial charge is 0.333 e. The highest BCUT2D eigenvalue weighted by atomic mass is 79.9. The number of hydrogen-bond acceptors (Lipinski definition) is 4. The average molecular weight is 444 g/mol. The van der Waals surface area contributed by atoms with Crippen LogP contribution in [0, 0.1) is 0 Å². The highest BCUT2D eigenvalue weighted by Gasteiger charge is 2.17. The second-order valence-electron chi connectivity index (χ2n) is 5.99. The molecule has 0 spiro atoms. The number of H-pyrrole nitrogens is 1. The number of carbonyl (C=O) groups excluding carboxylic acids is 2. The van der Waals surface area contributed by atoms with Crippen molar-refractivity contribution in [2.75, 3.05) is 5.32 Å². The minimum absolute atomic E-state index is 0.00352. The van der Waals surface area contributed by atoms with Crippen molar-refractivity contribution in [3.8, 4) is 11.3 Å². The standard InChI is InChI=1S/C20H18BrN3O2S/c1-12(25)14-5-9-17(10-6-14)23-19(26)13(2)27-20-22-11-18(24-20)15-3-7-16(21)8-4-15/h3-11,13H,1-2H3,(H,22,24)(H,23,26)/t13-/m1/s1. The molecule has 138 valence electrons. The lowest BCUT2D eigenvalue weighted by atomic mass is 10.1. The highest BCUT2D eigenvalue weighted by molar-refractivity contribution is 9.10. The van der Waals surface area contributed by atoms with Crippen LogP contribution in [0.2, 0.25) is 0 Å². The number of aromatic amines is 1. The first-order chi connectivity index (χ1) is 12.9. The Morgan fingerprint density at radius 2 is 1.78 bits per heavy atom. The first-order valence-corrected chi connectivity index (χ1v) is 9.99. The van der Waals surface area contributed by atoms with E-state index < -0.39 is 0 Å². The van der Waals surface area contributed by atoms with E-state index in [1.807, 2.05) is 31.2 Å². The molecule has 0 bridgehead atoms. The first-order valence-electron chi connectivity index (χ1n) is 8.32. The Kier molecular flexibility index (Phi) is 6.13. The van der Waals surface area contributed by atoms with Gasteiger partial charge in [0.15, 0.2) is 10.9 Å². The minimum atomic E-state index is -0.332. The molecule has 0 saturated heterocycles. The number of ketones is 1. The van der Waals surface area contributed by atoms with Crippen molar-refractivity contribution in [2.24, 2.45) is 0 Å². The van der Waals surface area contributed by atoms with Gasteiger partial charge >= 0.3 is 0 Å². The Hall–Kier alpha value is -2.38. The van der Waals surface area contributed by atoms with E-state index in [0.717, 1.165) is 15.7 Å². The van der Waals surface area contributed by atoms with Crippen molar-refractivity contribution < 1.29 is 9.59 Å². The molecule has 1 atom stereocenters. The number of nitrogens with one attached hydrogen (secondary N) is 2. The molecule has 2 aromatic carbocycles. The quantitative estimate of drug-likeness (QED) is 0.407. The summed E-state index contributed by atoms with van der Waals surface area (Å²) in [7, 11) is 0. The van der Waals surface area contributed by atoms with Crippen molar-refractivity contribution in [3.63, 3.8) is 0 Å². The fourth-order valence-corrected chi connectivity index (χ4v) is 3.44. The smallest absolute Gasteiger partial charge is 0.237 e. The molecule has 0 aliphatic heterocycles. The average Bonchev–Trinajstić information content (AvgIpc) is 3.11. The monoisotopic (exact) mass is 443 g/mol. The lowest BCUT2D eigenvalue weighted by Gasteiger charge is -2.11. The molecule has 1 amide bonds. The van der Waals surface area contributed by atoms with Gasteiger partial charge in [0, 0.05) is 15.7 Å². The lowest BCUT2D eigenvalue weighted by Crippen LogP contribution is -2.22. The third kappa shape index (κ3) is 5.08. The molecule has 0 fully saturated rings. The van der Waals surface area contributed by atoms with Gasteiger partial charge in [0.05, 0.1) is 17.1 Å². The number of rotatable bonds is 6. The van der Waals surface area contributed by atoms with Gasteiger partial charge in [-0.1, -0.05) is 39.8 Å². The van der Waals surface area contributed by atoms with Gasteiger partial charge in [0.25, 0.3) is 0 Å². The van der Waals surface area contributed by atoms with Gasteiger partial charge in [-0.2, -0.15) is 0 Å². The van der Waals surface area contributed by atoms with Gasteiger partial charge in [-0.05, 0) is 55.8 Å². The summed E-state index contributed by atoms with van der Waals surface area (Å²) in [5.74, 6) is -0.131. The maximum atomic E-state index is 12.4. The van der Waals surface area contributed by atoms with Crippen molar-refractivity contribution in [1.82, 2.24) is 9.97 Å². The van der Waals surface area contributed by atoms with Crippen molar-refractivity contribution in [2.45, 2.75) is 24.3 Å². The van der Waals surface area contributed by atoms with Crippen LogP contribution >= 0.6 is 27.7 Å². The molecule has 3 aromatic rings. The second kappa shape index (κ2) is 8.54. The number of aromatic nitrogens is 2. The Labute approximate surface area is 170 Å². The summed E-state index contributed by atoms with van der Waals surface area (Å²) in [6.45, 7) is 3.34. The van der Waals surface area contributed by atoms with E-state index >= 15 is 0 Å². The predicted octanol–water partition coefficient (Wildman–Crippen LogP) is 5.16. The Morgan fingerprint density at radius 3 is 2.41 bits per heavy atom. The number of benzene rings is 2. The molecule has 0 radical (unpaired) electrons. The third-order valence-electron chi connectivity index (χ3n) is 3.92. The van der Waals surface area contributed by atoms with Gasteiger partial charge in [0.2, 0.25) is 5.91 Å². The van der Waals surface area contributed by atoms with Crippen molar-refractivity contribution in [3.05, 3.63) is 64.8 Å². The summed E-state index contributed by atoms with van der Waals surface area (Å²) < 4.78 is 1.02. The van der Waals surface area contributed by atoms with E-state index in [1.54, 1.807) is 30.5 Å². The first kappa shape index (κ1) is 19.4. The van der Waals surface area contributed by atoms with Crippen molar-refractivity contribution in [1.29, 1.82) is 0 Å². The van der Waals surface area contributed by atoms with Gasteiger partial charge in [-0.3, -0.25) is 9.59 Å². The van der Waals surface area contributed by atoms with E-state index in [0.29, 0.717) is 16.4 Å².